The molecular formula is C12H15N3O3S. The van der Waals surface area contributed by atoms with Gasteiger partial charge in [-0.25, -0.2) is 14.8 Å². The molecule has 0 bridgehead atoms. The van der Waals surface area contributed by atoms with Gasteiger partial charge >= 0.3 is 5.97 Å². The van der Waals surface area contributed by atoms with Gasteiger partial charge in [0, 0.05) is 5.92 Å². The summed E-state index contributed by atoms with van der Waals surface area (Å²) in [6.45, 7) is 3.28. The zero-order valence-corrected chi connectivity index (χ0v) is 11.5. The van der Waals surface area contributed by atoms with E-state index in [-0.39, 0.29) is 5.56 Å². The van der Waals surface area contributed by atoms with Crippen LogP contribution in [0.2, 0.25) is 0 Å². The summed E-state index contributed by atoms with van der Waals surface area (Å²) in [5.41, 5.74) is 5.70. The van der Waals surface area contributed by atoms with Gasteiger partial charge in [-0.1, -0.05) is 11.8 Å². The van der Waals surface area contributed by atoms with Gasteiger partial charge in [0.1, 0.15) is 16.4 Å². The Morgan fingerprint density at radius 1 is 1.42 bits per heavy atom. The van der Waals surface area contributed by atoms with E-state index in [1.54, 1.807) is 13.8 Å². The summed E-state index contributed by atoms with van der Waals surface area (Å²) in [5, 5.41) is 9.03. The van der Waals surface area contributed by atoms with Crippen molar-refractivity contribution in [1.29, 1.82) is 0 Å². The molecule has 6 nitrogen and oxygen atoms in total. The minimum absolute atomic E-state index is 0.0579. The van der Waals surface area contributed by atoms with Gasteiger partial charge in [-0.2, -0.15) is 0 Å². The van der Waals surface area contributed by atoms with Crippen LogP contribution in [0.5, 0.6) is 0 Å². The summed E-state index contributed by atoms with van der Waals surface area (Å²) >= 11 is 1.07. The van der Waals surface area contributed by atoms with Crippen LogP contribution in [0.3, 0.4) is 0 Å². The number of hydrogen-bond donors (Lipinski definition) is 2. The van der Waals surface area contributed by atoms with Gasteiger partial charge in [-0.05, 0) is 26.7 Å². The number of amides is 1. The molecule has 3 N–H and O–H groups in total. The maximum Gasteiger partial charge on any atom is 0.340 e. The molecule has 102 valence electrons. The molecule has 0 aromatic carbocycles. The summed E-state index contributed by atoms with van der Waals surface area (Å²) in [7, 11) is 0. The van der Waals surface area contributed by atoms with E-state index in [1.807, 2.05) is 0 Å². The number of aromatic carboxylic acids is 1. The van der Waals surface area contributed by atoms with Crippen molar-refractivity contribution in [2.75, 3.05) is 0 Å². The lowest BCUT2D eigenvalue weighted by atomic mass is 10.2. The summed E-state index contributed by atoms with van der Waals surface area (Å²) in [5.74, 6) is -0.587. The molecule has 1 aromatic heterocycles. The van der Waals surface area contributed by atoms with Crippen molar-refractivity contribution in [1.82, 2.24) is 9.97 Å². The lowest BCUT2D eigenvalue weighted by molar-refractivity contribution is -0.117. The minimum Gasteiger partial charge on any atom is -0.478 e. The molecule has 1 fully saturated rings. The van der Waals surface area contributed by atoms with Crippen LogP contribution in [0.1, 0.15) is 47.6 Å². The summed E-state index contributed by atoms with van der Waals surface area (Å²) in [6, 6.07) is 0. The van der Waals surface area contributed by atoms with Crippen molar-refractivity contribution in [2.24, 2.45) is 5.73 Å². The number of carbonyl (C=O) groups is 2. The van der Waals surface area contributed by atoms with Crippen LogP contribution < -0.4 is 5.73 Å². The van der Waals surface area contributed by atoms with Crippen LogP contribution >= 0.6 is 11.8 Å². The first-order valence-corrected chi connectivity index (χ1v) is 6.86. The number of aromatic nitrogens is 2. The molecule has 1 amide bonds. The van der Waals surface area contributed by atoms with Crippen molar-refractivity contribution in [2.45, 2.75) is 42.9 Å². The molecule has 0 saturated heterocycles. The minimum atomic E-state index is -1.08. The van der Waals surface area contributed by atoms with Crippen LogP contribution in [-0.2, 0) is 4.79 Å². The zero-order chi connectivity index (χ0) is 14.2. The smallest absolute Gasteiger partial charge is 0.340 e. The number of hydrogen-bond acceptors (Lipinski definition) is 5. The third kappa shape index (κ3) is 3.04. The zero-order valence-electron chi connectivity index (χ0n) is 10.7. The molecule has 1 saturated carbocycles. The standard InChI is InChI=1S/C12H15N3O3S/c1-5-8(12(17)18)11(19-6(2)9(13)16)15-10(14-5)7-3-4-7/h6-7H,3-4H2,1-2H3,(H2,13,16)(H,17,18). The number of nitrogens with zero attached hydrogens (tertiary/aromatic N) is 2. The van der Waals surface area contributed by atoms with Gasteiger partial charge in [0.15, 0.2) is 0 Å². The van der Waals surface area contributed by atoms with Gasteiger partial charge in [0.05, 0.1) is 10.9 Å². The van der Waals surface area contributed by atoms with Gasteiger partial charge < -0.3 is 10.8 Å². The molecule has 1 heterocycles. The second kappa shape index (κ2) is 5.16. The fourth-order valence-electron chi connectivity index (χ4n) is 1.65. The van der Waals surface area contributed by atoms with Crippen LogP contribution in [0.15, 0.2) is 5.03 Å². The molecule has 19 heavy (non-hydrogen) atoms. The van der Waals surface area contributed by atoms with Crippen molar-refractivity contribution >= 4 is 23.6 Å². The number of thioether (sulfide) groups is 1. The third-order valence-electron chi connectivity index (χ3n) is 2.92. The Balaban J connectivity index is 2.41. The van der Waals surface area contributed by atoms with E-state index in [0.29, 0.717) is 22.5 Å². The Morgan fingerprint density at radius 2 is 2.05 bits per heavy atom. The Hall–Kier alpha value is -1.63. The molecule has 7 heteroatoms. The molecule has 0 spiro atoms. The maximum atomic E-state index is 11.3. The third-order valence-corrected chi connectivity index (χ3v) is 4.02. The summed E-state index contributed by atoms with van der Waals surface area (Å²) in [6.07, 6.45) is 2.06. The van der Waals surface area contributed by atoms with Gasteiger partial charge in [-0.3, -0.25) is 4.79 Å². The predicted molar refractivity (Wildman–Crippen MR) is 70.2 cm³/mol. The molecule has 1 aliphatic rings. The first-order valence-electron chi connectivity index (χ1n) is 5.98. The lowest BCUT2D eigenvalue weighted by Crippen LogP contribution is -2.23. The highest BCUT2D eigenvalue weighted by atomic mass is 32.2. The van der Waals surface area contributed by atoms with E-state index < -0.39 is 17.1 Å². The number of nitrogens with two attached hydrogens (primary N) is 1. The monoisotopic (exact) mass is 281 g/mol. The SMILES string of the molecule is Cc1nc(C2CC2)nc(SC(C)C(N)=O)c1C(=O)O. The summed E-state index contributed by atoms with van der Waals surface area (Å²) < 4.78 is 0. The fourth-order valence-corrected chi connectivity index (χ4v) is 2.60. The second-order valence-electron chi connectivity index (χ2n) is 4.59. The van der Waals surface area contributed by atoms with E-state index in [0.717, 1.165) is 24.6 Å². The van der Waals surface area contributed by atoms with Crippen molar-refractivity contribution in [3.05, 3.63) is 17.1 Å². The van der Waals surface area contributed by atoms with Crippen molar-refractivity contribution in [3.63, 3.8) is 0 Å². The molecular weight excluding hydrogens is 266 g/mol. The number of carbonyl (C=O) groups excluding carboxylic acids is 1. The summed E-state index contributed by atoms with van der Waals surface area (Å²) in [4.78, 5) is 30.9. The van der Waals surface area contributed by atoms with E-state index in [4.69, 9.17) is 5.73 Å². The van der Waals surface area contributed by atoms with Crippen molar-refractivity contribution < 1.29 is 14.7 Å². The molecule has 1 unspecified atom stereocenters. The van der Waals surface area contributed by atoms with E-state index in [9.17, 15) is 14.7 Å². The largest absolute Gasteiger partial charge is 0.478 e. The maximum absolute atomic E-state index is 11.3. The topological polar surface area (TPSA) is 106 Å². The molecule has 1 aliphatic carbocycles. The van der Waals surface area contributed by atoms with Gasteiger partial charge in [0.25, 0.3) is 0 Å². The highest BCUT2D eigenvalue weighted by molar-refractivity contribution is 8.00. The van der Waals surface area contributed by atoms with E-state index in [2.05, 4.69) is 9.97 Å². The highest BCUT2D eigenvalue weighted by Crippen LogP contribution is 2.39. The molecule has 0 aliphatic heterocycles. The van der Waals surface area contributed by atoms with Crippen LogP contribution in [-0.4, -0.2) is 32.2 Å². The number of carboxylic acids is 1. The number of aryl methyl sites for hydroxylation is 1. The predicted octanol–water partition coefficient (Wildman–Crippen LogP) is 1.33. The number of carboxylic acid groups (broad SMARTS) is 1. The van der Waals surface area contributed by atoms with Crippen LogP contribution in [0, 0.1) is 6.92 Å². The molecule has 0 radical (unpaired) electrons. The quantitative estimate of drug-likeness (QED) is 0.623. The average Bonchev–Trinajstić information content (AvgIpc) is 3.10. The lowest BCUT2D eigenvalue weighted by Gasteiger charge is -2.12. The Bertz CT molecular complexity index is 543. The average molecular weight is 281 g/mol. The van der Waals surface area contributed by atoms with Crippen molar-refractivity contribution in [3.8, 4) is 0 Å². The Kier molecular flexibility index (Phi) is 3.75. The second-order valence-corrected chi connectivity index (χ2v) is 5.92. The Morgan fingerprint density at radius 3 is 2.53 bits per heavy atom. The molecule has 2 rings (SSSR count). The van der Waals surface area contributed by atoms with Crippen LogP contribution in [0.4, 0.5) is 0 Å². The Labute approximate surface area is 114 Å². The van der Waals surface area contributed by atoms with Gasteiger partial charge in [-0.15, -0.1) is 0 Å². The number of rotatable bonds is 5. The molecule has 1 atom stereocenters. The number of primary amides is 1. The highest BCUT2D eigenvalue weighted by Gasteiger charge is 2.30. The fraction of sp³-hybridized carbons (Fsp3) is 0.500. The van der Waals surface area contributed by atoms with E-state index in [1.165, 1.54) is 0 Å². The first kappa shape index (κ1) is 13.8. The molecule has 1 aromatic rings. The van der Waals surface area contributed by atoms with Gasteiger partial charge in [0.2, 0.25) is 5.91 Å². The first-order chi connectivity index (χ1) is 8.90. The normalized spacial score (nSPS) is 16.1. The van der Waals surface area contributed by atoms with E-state index >= 15 is 0 Å². The van der Waals surface area contributed by atoms with Crippen LogP contribution in [0.25, 0.3) is 0 Å².